The average Bonchev–Trinajstić information content (AvgIpc) is 2.30. The molecule has 0 saturated heterocycles. The number of hydrogen-bond donors (Lipinski definition) is 1. The molecule has 0 amide bonds. The van der Waals surface area contributed by atoms with Gasteiger partial charge in [0.15, 0.2) is 0 Å². The largest absolute Gasteiger partial charge is 0.468 e. The summed E-state index contributed by atoms with van der Waals surface area (Å²) in [6.07, 6.45) is 0.192. The first-order chi connectivity index (χ1) is 8.07. The molecule has 0 aromatic rings. The van der Waals surface area contributed by atoms with Gasteiger partial charge in [-0.25, -0.2) is 4.79 Å². The number of rotatable bonds is 10. The van der Waals surface area contributed by atoms with Gasteiger partial charge in [0.05, 0.1) is 6.61 Å². The minimum Gasteiger partial charge on any atom is -0.468 e. The van der Waals surface area contributed by atoms with Crippen LogP contribution in [0.3, 0.4) is 0 Å². The fraction of sp³-hybridized carbons (Fsp3) is 0.700. The Morgan fingerprint density at radius 3 is 2.82 bits per heavy atom. The van der Waals surface area contributed by atoms with Gasteiger partial charge in [-0.15, -0.1) is 0 Å². The molecule has 0 heterocycles. The SMILES string of the molecule is C=C(C)C(=O)OCC(O)COCCC[SiH2]O[SiH3]. The lowest BCUT2D eigenvalue weighted by Gasteiger charge is -2.11. The highest BCUT2D eigenvalue weighted by Crippen LogP contribution is 1.96. The number of hydrogen-bond acceptors (Lipinski definition) is 5. The quantitative estimate of drug-likeness (QED) is 0.232. The second kappa shape index (κ2) is 10.7. The molecule has 0 aromatic carbocycles. The van der Waals surface area contributed by atoms with E-state index in [1.54, 1.807) is 6.92 Å². The third-order valence-electron chi connectivity index (χ3n) is 1.95. The maximum Gasteiger partial charge on any atom is 0.333 e. The predicted molar refractivity (Wildman–Crippen MR) is 71.6 cm³/mol. The second-order valence-electron chi connectivity index (χ2n) is 3.81. The van der Waals surface area contributed by atoms with Gasteiger partial charge >= 0.3 is 5.97 Å². The number of esters is 1. The van der Waals surface area contributed by atoms with Crippen LogP contribution in [-0.4, -0.2) is 57.2 Å². The van der Waals surface area contributed by atoms with Crippen LogP contribution in [0.25, 0.3) is 0 Å². The summed E-state index contributed by atoms with van der Waals surface area (Å²) in [4.78, 5) is 11.0. The Morgan fingerprint density at radius 1 is 1.53 bits per heavy atom. The zero-order valence-electron chi connectivity index (χ0n) is 10.6. The van der Waals surface area contributed by atoms with Gasteiger partial charge in [-0.1, -0.05) is 6.58 Å². The third kappa shape index (κ3) is 10.4. The van der Waals surface area contributed by atoms with Crippen molar-refractivity contribution in [2.24, 2.45) is 0 Å². The molecular formula is C10H22O5Si2. The number of aliphatic hydroxyl groups is 1. The fourth-order valence-electron chi connectivity index (χ4n) is 1.01. The zero-order valence-corrected chi connectivity index (χ0v) is 14.0. The molecule has 0 aliphatic rings. The number of aliphatic hydroxyl groups excluding tert-OH is 1. The maximum absolute atomic E-state index is 11.0. The van der Waals surface area contributed by atoms with Crippen molar-refractivity contribution in [3.63, 3.8) is 0 Å². The Kier molecular flexibility index (Phi) is 10.4. The third-order valence-corrected chi connectivity index (χ3v) is 4.37. The van der Waals surface area contributed by atoms with Gasteiger partial charge in [-0.2, -0.15) is 0 Å². The van der Waals surface area contributed by atoms with Gasteiger partial charge in [0.25, 0.3) is 0 Å². The molecule has 7 heteroatoms. The Bertz CT molecular complexity index is 235. The van der Waals surface area contributed by atoms with Crippen molar-refractivity contribution in [3.8, 4) is 0 Å². The van der Waals surface area contributed by atoms with Crippen LogP contribution in [0.5, 0.6) is 0 Å². The van der Waals surface area contributed by atoms with Crippen LogP contribution in [0, 0.1) is 0 Å². The summed E-state index contributed by atoms with van der Waals surface area (Å²) in [7, 11) is 0.513. The maximum atomic E-state index is 11.0. The van der Waals surface area contributed by atoms with E-state index in [1.807, 2.05) is 0 Å². The molecule has 0 aliphatic carbocycles. The van der Waals surface area contributed by atoms with Gasteiger partial charge in [0, 0.05) is 12.2 Å². The van der Waals surface area contributed by atoms with E-state index in [2.05, 4.69) is 6.58 Å². The summed E-state index contributed by atoms with van der Waals surface area (Å²) in [5.41, 5.74) is 0.325. The van der Waals surface area contributed by atoms with E-state index in [4.69, 9.17) is 13.6 Å². The lowest BCUT2D eigenvalue weighted by Crippen LogP contribution is -2.24. The van der Waals surface area contributed by atoms with Crippen molar-refractivity contribution in [1.29, 1.82) is 0 Å². The van der Waals surface area contributed by atoms with Crippen molar-refractivity contribution >= 4 is 26.2 Å². The first kappa shape index (κ1) is 16.5. The Hall–Kier alpha value is -0.476. The number of ether oxygens (including phenoxy) is 2. The Balaban J connectivity index is 3.37. The molecule has 0 aliphatic heterocycles. The molecule has 0 rings (SSSR count). The highest BCUT2D eigenvalue weighted by molar-refractivity contribution is 6.34. The zero-order chi connectivity index (χ0) is 13.1. The van der Waals surface area contributed by atoms with Gasteiger partial charge in [-0.3, -0.25) is 0 Å². The van der Waals surface area contributed by atoms with Crippen LogP contribution in [0.15, 0.2) is 12.2 Å². The van der Waals surface area contributed by atoms with Crippen LogP contribution < -0.4 is 0 Å². The van der Waals surface area contributed by atoms with Gasteiger partial charge in [-0.05, 0) is 19.4 Å². The lowest BCUT2D eigenvalue weighted by atomic mass is 10.3. The summed E-state index contributed by atoms with van der Waals surface area (Å²) in [5.74, 6) is -0.487. The van der Waals surface area contributed by atoms with E-state index < -0.39 is 12.1 Å². The minimum atomic E-state index is -0.773. The van der Waals surface area contributed by atoms with Crippen molar-refractivity contribution in [2.45, 2.75) is 25.5 Å². The van der Waals surface area contributed by atoms with E-state index in [0.29, 0.717) is 12.2 Å². The fourth-order valence-corrected chi connectivity index (χ4v) is 2.58. The van der Waals surface area contributed by atoms with Crippen molar-refractivity contribution in [1.82, 2.24) is 0 Å². The number of carbonyl (C=O) groups is 1. The van der Waals surface area contributed by atoms with E-state index in [1.165, 1.54) is 0 Å². The molecule has 0 radical (unpaired) electrons. The van der Waals surface area contributed by atoms with Crippen molar-refractivity contribution < 1.29 is 23.5 Å². The smallest absolute Gasteiger partial charge is 0.333 e. The standard InChI is InChI=1S/C10H22O5Si2/c1-8(2)10(12)14-7-9(11)6-13-4-3-5-17-15-16/h9,11H,1,3-7,17H2,2,16H3. The van der Waals surface area contributed by atoms with E-state index in [0.717, 1.165) is 23.0 Å². The highest BCUT2D eigenvalue weighted by Gasteiger charge is 2.09. The Labute approximate surface area is 108 Å². The topological polar surface area (TPSA) is 65.0 Å². The number of carbonyl (C=O) groups excluding carboxylic acids is 1. The van der Waals surface area contributed by atoms with Crippen LogP contribution in [-0.2, 0) is 18.4 Å². The molecule has 0 spiro atoms. The van der Waals surface area contributed by atoms with Gasteiger partial charge in [0.2, 0.25) is 0 Å². The summed E-state index contributed by atoms with van der Waals surface area (Å²) >= 11 is 0. The molecule has 1 atom stereocenters. The molecule has 0 saturated carbocycles. The molecule has 0 aromatic heterocycles. The summed E-state index contributed by atoms with van der Waals surface area (Å²) in [5, 5.41) is 9.44. The van der Waals surface area contributed by atoms with Crippen LogP contribution in [0.4, 0.5) is 0 Å². The van der Waals surface area contributed by atoms with Gasteiger partial charge in [0.1, 0.15) is 33.0 Å². The molecule has 0 bridgehead atoms. The normalized spacial score (nSPS) is 13.1. The summed E-state index contributed by atoms with van der Waals surface area (Å²) in [6, 6.07) is 1.10. The molecule has 17 heavy (non-hydrogen) atoms. The predicted octanol–water partition coefficient (Wildman–Crippen LogP) is -1.33. The van der Waals surface area contributed by atoms with Crippen LogP contribution in [0.2, 0.25) is 6.04 Å². The monoisotopic (exact) mass is 278 g/mol. The molecule has 1 N–H and O–H groups in total. The van der Waals surface area contributed by atoms with E-state index >= 15 is 0 Å². The second-order valence-corrected chi connectivity index (χ2v) is 7.23. The molecular weight excluding hydrogens is 256 g/mol. The summed E-state index contributed by atoms with van der Waals surface area (Å²) in [6.45, 7) is 5.76. The molecule has 5 nitrogen and oxygen atoms in total. The molecule has 0 fully saturated rings. The molecule has 1 unspecified atom stereocenters. The first-order valence-corrected chi connectivity index (χ1v) is 8.04. The first-order valence-electron chi connectivity index (χ1n) is 5.65. The highest BCUT2D eigenvalue weighted by atomic mass is 28.3. The summed E-state index contributed by atoms with van der Waals surface area (Å²) < 4.78 is 15.2. The Morgan fingerprint density at radius 2 is 2.24 bits per heavy atom. The van der Waals surface area contributed by atoms with Crippen molar-refractivity contribution in [2.75, 3.05) is 19.8 Å². The lowest BCUT2D eigenvalue weighted by molar-refractivity contribution is -0.143. The molecule has 100 valence electrons. The van der Waals surface area contributed by atoms with E-state index in [9.17, 15) is 9.90 Å². The van der Waals surface area contributed by atoms with Crippen LogP contribution in [0.1, 0.15) is 13.3 Å². The van der Waals surface area contributed by atoms with Crippen LogP contribution >= 0.6 is 0 Å². The minimum absolute atomic E-state index is 0.0515. The van der Waals surface area contributed by atoms with Gasteiger partial charge < -0.3 is 18.7 Å². The average molecular weight is 278 g/mol. The van der Waals surface area contributed by atoms with Crippen molar-refractivity contribution in [3.05, 3.63) is 12.2 Å². The van der Waals surface area contributed by atoms with E-state index in [-0.39, 0.29) is 23.0 Å².